The van der Waals surface area contributed by atoms with Gasteiger partial charge >= 0.3 is 0 Å². The molecule has 0 aliphatic heterocycles. The van der Waals surface area contributed by atoms with Gasteiger partial charge in [0.2, 0.25) is 5.78 Å². The Kier molecular flexibility index (Phi) is 7.73. The molecule has 27 heavy (non-hydrogen) atoms. The van der Waals surface area contributed by atoms with E-state index >= 15 is 0 Å². The molecular weight excluding hydrogens is 362 g/mol. The standard InChI is InChI=1S/C21H25NO4S/c1-3-4-5-8-15-26-21-10-7-6-9-19(21)20(23)16-22-27(24,25)18-13-11-17(2)12-14-18/h6-7,9-14,16H,3-5,8,15H2,1-2H3/b22-16-. The van der Waals surface area contributed by atoms with Crippen molar-refractivity contribution in [2.45, 2.75) is 44.4 Å². The number of hydrogen-bond acceptors (Lipinski definition) is 4. The van der Waals surface area contributed by atoms with Gasteiger partial charge < -0.3 is 4.74 Å². The second-order valence-electron chi connectivity index (χ2n) is 6.29. The molecule has 0 spiro atoms. The Morgan fingerprint density at radius 2 is 1.74 bits per heavy atom. The molecule has 2 rings (SSSR count). The number of para-hydroxylation sites is 1. The van der Waals surface area contributed by atoms with E-state index in [1.807, 2.05) is 6.92 Å². The van der Waals surface area contributed by atoms with Crippen LogP contribution in [0.3, 0.4) is 0 Å². The molecule has 0 bridgehead atoms. The zero-order valence-corrected chi connectivity index (χ0v) is 16.5. The Labute approximate surface area is 161 Å². The van der Waals surface area contributed by atoms with Crippen LogP contribution in [0, 0.1) is 6.92 Å². The Balaban J connectivity index is 2.09. The Morgan fingerprint density at radius 3 is 2.44 bits per heavy atom. The lowest BCUT2D eigenvalue weighted by Crippen LogP contribution is -2.08. The number of Topliss-reactive ketones (excluding diaryl/α,β-unsaturated/α-hetero) is 1. The number of benzene rings is 2. The van der Waals surface area contributed by atoms with Crippen molar-refractivity contribution in [3.05, 3.63) is 59.7 Å². The molecule has 0 aromatic heterocycles. The van der Waals surface area contributed by atoms with Crippen LogP contribution in [0.25, 0.3) is 0 Å². The van der Waals surface area contributed by atoms with Crippen LogP contribution in [0.5, 0.6) is 5.75 Å². The molecule has 0 N–H and O–H groups in total. The Bertz CT molecular complexity index is 887. The van der Waals surface area contributed by atoms with Crippen molar-refractivity contribution >= 4 is 22.0 Å². The van der Waals surface area contributed by atoms with E-state index in [1.54, 1.807) is 36.4 Å². The number of sulfonamides is 1. The summed E-state index contributed by atoms with van der Waals surface area (Å²) in [5, 5.41) is 0. The number of carbonyl (C=O) groups is 1. The lowest BCUT2D eigenvalue weighted by molar-refractivity contribution is 0.106. The molecule has 0 heterocycles. The first-order valence-electron chi connectivity index (χ1n) is 9.07. The highest BCUT2D eigenvalue weighted by molar-refractivity contribution is 7.90. The molecule has 0 radical (unpaired) electrons. The van der Waals surface area contributed by atoms with E-state index in [9.17, 15) is 13.2 Å². The second-order valence-corrected chi connectivity index (χ2v) is 7.92. The van der Waals surface area contributed by atoms with E-state index < -0.39 is 15.8 Å². The first-order chi connectivity index (χ1) is 12.9. The highest BCUT2D eigenvalue weighted by atomic mass is 32.2. The zero-order valence-electron chi connectivity index (χ0n) is 15.7. The van der Waals surface area contributed by atoms with E-state index in [1.165, 1.54) is 12.1 Å². The predicted molar refractivity (Wildman–Crippen MR) is 107 cm³/mol. The van der Waals surface area contributed by atoms with Crippen molar-refractivity contribution in [1.29, 1.82) is 0 Å². The molecule has 2 aromatic carbocycles. The summed E-state index contributed by atoms with van der Waals surface area (Å²) >= 11 is 0. The maximum atomic E-state index is 12.4. The molecular formula is C21H25NO4S. The first kappa shape index (κ1) is 20.8. The third kappa shape index (κ3) is 6.32. The molecule has 0 atom stereocenters. The average Bonchev–Trinajstić information content (AvgIpc) is 2.67. The van der Waals surface area contributed by atoms with Crippen molar-refractivity contribution in [3.63, 3.8) is 0 Å². The summed E-state index contributed by atoms with van der Waals surface area (Å²) in [6, 6.07) is 13.1. The fourth-order valence-electron chi connectivity index (χ4n) is 2.46. The van der Waals surface area contributed by atoms with Crippen molar-refractivity contribution < 1.29 is 17.9 Å². The van der Waals surface area contributed by atoms with Gasteiger partial charge in [-0.3, -0.25) is 4.79 Å². The number of nitrogens with zero attached hydrogens (tertiary/aromatic N) is 1. The summed E-state index contributed by atoms with van der Waals surface area (Å²) in [7, 11) is -3.91. The van der Waals surface area contributed by atoms with Crippen LogP contribution in [0.4, 0.5) is 0 Å². The van der Waals surface area contributed by atoms with E-state index in [2.05, 4.69) is 11.3 Å². The lowest BCUT2D eigenvalue weighted by atomic mass is 10.1. The SMILES string of the molecule is CCCCCCOc1ccccc1C(=O)/C=N\S(=O)(=O)c1ccc(C)cc1. The normalized spacial score (nSPS) is 11.6. The molecule has 0 saturated heterocycles. The third-order valence-electron chi connectivity index (χ3n) is 4.04. The second kappa shape index (κ2) is 10.0. The van der Waals surface area contributed by atoms with Crippen molar-refractivity contribution in [2.24, 2.45) is 4.40 Å². The minimum Gasteiger partial charge on any atom is -0.493 e. The van der Waals surface area contributed by atoms with Gasteiger partial charge in [-0.2, -0.15) is 12.8 Å². The molecule has 0 amide bonds. The van der Waals surface area contributed by atoms with Gasteiger partial charge in [-0.05, 0) is 37.6 Å². The quantitative estimate of drug-likeness (QED) is 0.339. The highest BCUT2D eigenvalue weighted by Gasteiger charge is 2.14. The van der Waals surface area contributed by atoms with Crippen LogP contribution in [0.15, 0.2) is 57.8 Å². The van der Waals surface area contributed by atoms with Crippen LogP contribution in [-0.4, -0.2) is 27.0 Å². The summed E-state index contributed by atoms with van der Waals surface area (Å²) in [5.74, 6) is -0.0620. The molecule has 0 fully saturated rings. The summed E-state index contributed by atoms with van der Waals surface area (Å²) in [6.07, 6.45) is 5.11. The fourth-order valence-corrected chi connectivity index (χ4v) is 3.30. The van der Waals surface area contributed by atoms with E-state index in [0.29, 0.717) is 17.9 Å². The Morgan fingerprint density at radius 1 is 1.04 bits per heavy atom. The summed E-state index contributed by atoms with van der Waals surface area (Å²) in [5.41, 5.74) is 1.25. The molecule has 5 nitrogen and oxygen atoms in total. The monoisotopic (exact) mass is 387 g/mol. The summed E-state index contributed by atoms with van der Waals surface area (Å²) in [6.45, 7) is 4.52. The van der Waals surface area contributed by atoms with Crippen LogP contribution in [0.1, 0.15) is 48.5 Å². The predicted octanol–water partition coefficient (Wildman–Crippen LogP) is 4.60. The molecule has 0 aliphatic carbocycles. The zero-order chi connectivity index (χ0) is 19.7. The number of ether oxygens (including phenoxy) is 1. The molecule has 0 saturated carbocycles. The third-order valence-corrected chi connectivity index (χ3v) is 5.29. The van der Waals surface area contributed by atoms with Gasteiger partial charge in [-0.15, -0.1) is 0 Å². The van der Waals surface area contributed by atoms with Crippen LogP contribution in [-0.2, 0) is 10.0 Å². The minimum atomic E-state index is -3.91. The van der Waals surface area contributed by atoms with E-state index in [-0.39, 0.29) is 4.90 Å². The van der Waals surface area contributed by atoms with Crippen LogP contribution < -0.4 is 4.74 Å². The fraction of sp³-hybridized carbons (Fsp3) is 0.333. The number of carbonyl (C=O) groups excluding carboxylic acids is 1. The molecule has 0 aliphatic rings. The molecule has 2 aromatic rings. The topological polar surface area (TPSA) is 72.8 Å². The summed E-state index contributed by atoms with van der Waals surface area (Å²) < 4.78 is 33.7. The van der Waals surface area contributed by atoms with Gasteiger partial charge in [0.25, 0.3) is 10.0 Å². The van der Waals surface area contributed by atoms with Crippen molar-refractivity contribution in [2.75, 3.05) is 6.61 Å². The van der Waals surface area contributed by atoms with Gasteiger partial charge in [0.1, 0.15) is 5.75 Å². The van der Waals surface area contributed by atoms with E-state index in [4.69, 9.17) is 4.74 Å². The highest BCUT2D eigenvalue weighted by Crippen LogP contribution is 2.19. The molecule has 144 valence electrons. The van der Waals surface area contributed by atoms with Crippen molar-refractivity contribution in [3.8, 4) is 5.75 Å². The number of unbranched alkanes of at least 4 members (excludes halogenated alkanes) is 3. The Hall–Kier alpha value is -2.47. The maximum Gasteiger partial charge on any atom is 0.282 e. The number of rotatable bonds is 10. The maximum absolute atomic E-state index is 12.4. The van der Waals surface area contributed by atoms with Crippen LogP contribution >= 0.6 is 0 Å². The van der Waals surface area contributed by atoms with Crippen LogP contribution in [0.2, 0.25) is 0 Å². The molecule has 6 heteroatoms. The average molecular weight is 388 g/mol. The summed E-state index contributed by atoms with van der Waals surface area (Å²) in [4.78, 5) is 12.5. The van der Waals surface area contributed by atoms with E-state index in [0.717, 1.165) is 37.5 Å². The first-order valence-corrected chi connectivity index (χ1v) is 10.5. The number of hydrogen-bond donors (Lipinski definition) is 0. The molecule has 0 unspecified atom stereocenters. The largest absolute Gasteiger partial charge is 0.493 e. The van der Waals surface area contributed by atoms with Crippen molar-refractivity contribution in [1.82, 2.24) is 0 Å². The smallest absolute Gasteiger partial charge is 0.282 e. The minimum absolute atomic E-state index is 0.0533. The number of ketones is 1. The van der Waals surface area contributed by atoms with Gasteiger partial charge in [0.15, 0.2) is 0 Å². The number of aryl methyl sites for hydroxylation is 1. The van der Waals surface area contributed by atoms with Gasteiger partial charge in [-0.25, -0.2) is 0 Å². The van der Waals surface area contributed by atoms with Gasteiger partial charge in [0, 0.05) is 0 Å². The lowest BCUT2D eigenvalue weighted by Gasteiger charge is -2.09. The van der Waals surface area contributed by atoms with Gasteiger partial charge in [0.05, 0.1) is 23.3 Å². The van der Waals surface area contributed by atoms with Gasteiger partial charge in [-0.1, -0.05) is 56.0 Å².